The second-order valence-corrected chi connectivity index (χ2v) is 1.94. The van der Waals surface area contributed by atoms with Gasteiger partial charge in [0.25, 0.3) is 0 Å². The molecule has 0 aromatic heterocycles. The van der Waals surface area contributed by atoms with Crippen LogP contribution in [0.15, 0.2) is 36.2 Å². The number of hydrogen-bond acceptors (Lipinski definition) is 2. The van der Waals surface area contributed by atoms with Crippen molar-refractivity contribution in [2.24, 2.45) is 0 Å². The molecule has 0 saturated carbocycles. The maximum absolute atomic E-state index is 8.25. The minimum atomic E-state index is -0.500. The molecule has 2 aliphatic heterocycles. The minimum absolute atomic E-state index is 0.500. The molecule has 0 N–H and O–H groups in total. The highest BCUT2D eigenvalue weighted by molar-refractivity contribution is 5.71. The van der Waals surface area contributed by atoms with Crippen LogP contribution < -0.4 is 5.11 Å². The van der Waals surface area contributed by atoms with E-state index in [1.807, 2.05) is 24.6 Å². The molecular weight excluding hydrogens is 142 g/mol. The van der Waals surface area contributed by atoms with E-state index < -0.39 is 6.47 Å². The van der Waals surface area contributed by atoms with Crippen LogP contribution in [0.1, 0.15) is 0 Å². The molecule has 0 aromatic carbocycles. The highest BCUT2D eigenvalue weighted by atomic mass is 16.3. The summed E-state index contributed by atoms with van der Waals surface area (Å²) >= 11 is 0. The van der Waals surface area contributed by atoms with Crippen molar-refractivity contribution >= 4 is 12.7 Å². The largest absolute Gasteiger partial charge is 0.554 e. The van der Waals surface area contributed by atoms with Gasteiger partial charge in [-0.25, -0.2) is 0 Å². The van der Waals surface area contributed by atoms with Crippen molar-refractivity contribution in [2.45, 2.75) is 0 Å². The first kappa shape index (κ1) is 7.47. The van der Waals surface area contributed by atoms with Crippen molar-refractivity contribution in [3.8, 4) is 0 Å². The van der Waals surface area contributed by atoms with E-state index in [-0.39, 0.29) is 0 Å². The van der Waals surface area contributed by atoms with Gasteiger partial charge in [-0.1, -0.05) is 0 Å². The maximum Gasteiger partial charge on any atom is 0.211 e. The molecule has 0 unspecified atom stereocenters. The summed E-state index contributed by atoms with van der Waals surface area (Å²) in [6.45, 7) is -0.500. The summed E-state index contributed by atoms with van der Waals surface area (Å²) in [4.78, 5) is 8.25. The first-order chi connectivity index (χ1) is 5.38. The average molecular weight is 149 g/mol. The number of rotatable bonds is 0. The van der Waals surface area contributed by atoms with E-state index in [1.165, 1.54) is 5.70 Å². The van der Waals surface area contributed by atoms with Crippen molar-refractivity contribution < 1.29 is 14.5 Å². The Bertz CT molecular complexity index is 246. The Hall–Kier alpha value is -1.64. The van der Waals surface area contributed by atoms with E-state index in [1.54, 1.807) is 0 Å². The van der Waals surface area contributed by atoms with Gasteiger partial charge in [-0.05, 0) is 0 Å². The molecule has 2 heterocycles. The molecule has 56 valence electrons. The Balaban J connectivity index is 0.000000179. The Labute approximate surface area is 64.3 Å². The van der Waals surface area contributed by atoms with Crippen molar-refractivity contribution in [3.63, 3.8) is 0 Å². The fourth-order valence-electron chi connectivity index (χ4n) is 0.918. The van der Waals surface area contributed by atoms with Crippen LogP contribution >= 0.6 is 0 Å². The second-order valence-electron chi connectivity index (χ2n) is 1.94. The molecular formula is C8H7NO2. The van der Waals surface area contributed by atoms with Gasteiger partial charge in [-0.2, -0.15) is 4.58 Å². The number of carboxylic acid groups (broad SMARTS) is 1. The zero-order valence-corrected chi connectivity index (χ0v) is 5.81. The van der Waals surface area contributed by atoms with Gasteiger partial charge in [0.2, 0.25) is 5.70 Å². The summed E-state index contributed by atoms with van der Waals surface area (Å²) in [6.07, 6.45) is 12.3. The lowest BCUT2D eigenvalue weighted by Crippen LogP contribution is -2.01. The molecule has 0 aromatic rings. The van der Waals surface area contributed by atoms with Crippen LogP contribution in [0.2, 0.25) is 0 Å². The average Bonchev–Trinajstić information content (AvgIpc) is 2.44. The van der Waals surface area contributed by atoms with E-state index in [2.05, 4.69) is 16.7 Å². The molecule has 0 atom stereocenters. The van der Waals surface area contributed by atoms with Crippen LogP contribution in [0.5, 0.6) is 0 Å². The van der Waals surface area contributed by atoms with E-state index in [4.69, 9.17) is 9.90 Å². The minimum Gasteiger partial charge on any atom is -0.554 e. The van der Waals surface area contributed by atoms with E-state index in [0.29, 0.717) is 0 Å². The number of allylic oxidation sites excluding steroid dienone is 4. The quantitative estimate of drug-likeness (QED) is 0.341. The zero-order chi connectivity index (χ0) is 8.10. The SMILES string of the molecule is C1=CC2=CC=C[N+]2=C1.O=C[O-]. The molecule has 2 aliphatic rings. The fourth-order valence-corrected chi connectivity index (χ4v) is 0.918. The fraction of sp³-hybridized carbons (Fsp3) is 0. The monoisotopic (exact) mass is 149 g/mol. The molecule has 3 nitrogen and oxygen atoms in total. The predicted octanol–water partition coefficient (Wildman–Crippen LogP) is -0.583. The second kappa shape index (κ2) is 3.51. The van der Waals surface area contributed by atoms with Crippen molar-refractivity contribution in [2.75, 3.05) is 0 Å². The first-order valence-electron chi connectivity index (χ1n) is 3.12. The summed E-state index contributed by atoms with van der Waals surface area (Å²) in [5.41, 5.74) is 1.27. The van der Waals surface area contributed by atoms with Crippen molar-refractivity contribution in [1.82, 2.24) is 0 Å². The summed E-state index contributed by atoms with van der Waals surface area (Å²) in [5.74, 6) is 0. The summed E-state index contributed by atoms with van der Waals surface area (Å²) < 4.78 is 2.08. The summed E-state index contributed by atoms with van der Waals surface area (Å²) in [7, 11) is 0. The highest BCUT2D eigenvalue weighted by Gasteiger charge is 2.13. The molecule has 11 heavy (non-hydrogen) atoms. The van der Waals surface area contributed by atoms with Gasteiger partial charge >= 0.3 is 0 Å². The van der Waals surface area contributed by atoms with Crippen LogP contribution in [0, 0.1) is 0 Å². The number of hydrogen-bond donors (Lipinski definition) is 0. The number of carbonyl (C=O) groups excluding carboxylic acids is 1. The molecule has 0 radical (unpaired) electrons. The van der Waals surface area contributed by atoms with E-state index >= 15 is 0 Å². The standard InChI is InChI=1S/C7H6N.CH2O2/c1-3-7-4-2-6-8(7)5-1;2-1-3/h1-6H;1H,(H,2,3)/q+1;/p-1. The summed E-state index contributed by atoms with van der Waals surface area (Å²) in [5, 5.41) is 8.25. The number of carbonyl (C=O) groups is 1. The maximum atomic E-state index is 8.25. The molecule has 0 spiro atoms. The molecule has 0 fully saturated rings. The Kier molecular flexibility index (Phi) is 2.38. The molecule has 2 rings (SSSR count). The lowest BCUT2D eigenvalue weighted by atomic mass is 10.4. The molecule has 0 saturated heterocycles. The van der Waals surface area contributed by atoms with Gasteiger partial charge < -0.3 is 9.90 Å². The Morgan fingerprint density at radius 1 is 1.45 bits per heavy atom. The third-order valence-corrected chi connectivity index (χ3v) is 1.33. The van der Waals surface area contributed by atoms with Gasteiger partial charge in [0.1, 0.15) is 0 Å². The first-order valence-corrected chi connectivity index (χ1v) is 3.12. The third kappa shape index (κ3) is 1.64. The van der Waals surface area contributed by atoms with Crippen molar-refractivity contribution in [3.05, 3.63) is 36.2 Å². The topological polar surface area (TPSA) is 43.1 Å². The van der Waals surface area contributed by atoms with Crippen LogP contribution in [-0.4, -0.2) is 17.3 Å². The van der Waals surface area contributed by atoms with Crippen LogP contribution in [-0.2, 0) is 4.79 Å². The molecule has 3 heteroatoms. The normalized spacial score (nSPS) is 16.4. The Morgan fingerprint density at radius 3 is 2.82 bits per heavy atom. The lowest BCUT2D eigenvalue weighted by Gasteiger charge is -1.79. The van der Waals surface area contributed by atoms with E-state index in [0.717, 1.165) is 0 Å². The van der Waals surface area contributed by atoms with Gasteiger partial charge in [-0.3, -0.25) is 0 Å². The highest BCUT2D eigenvalue weighted by Crippen LogP contribution is 2.10. The number of nitrogens with zero attached hydrogens (tertiary/aromatic N) is 1. The molecule has 0 amide bonds. The molecule has 0 bridgehead atoms. The third-order valence-electron chi connectivity index (χ3n) is 1.33. The van der Waals surface area contributed by atoms with Crippen LogP contribution in [0.4, 0.5) is 0 Å². The smallest absolute Gasteiger partial charge is 0.211 e. The van der Waals surface area contributed by atoms with Gasteiger partial charge in [0, 0.05) is 30.8 Å². The summed E-state index contributed by atoms with van der Waals surface area (Å²) in [6, 6.07) is 0. The predicted molar refractivity (Wildman–Crippen MR) is 38.8 cm³/mol. The number of fused-ring (bicyclic) bond motifs is 1. The van der Waals surface area contributed by atoms with Gasteiger partial charge in [0.15, 0.2) is 12.4 Å². The molecule has 0 aliphatic carbocycles. The van der Waals surface area contributed by atoms with Gasteiger partial charge in [-0.15, -0.1) is 0 Å². The lowest BCUT2D eigenvalue weighted by molar-refractivity contribution is -0.380. The Morgan fingerprint density at radius 2 is 2.18 bits per heavy atom. The van der Waals surface area contributed by atoms with Crippen LogP contribution in [0.3, 0.4) is 0 Å². The zero-order valence-electron chi connectivity index (χ0n) is 5.81. The van der Waals surface area contributed by atoms with Crippen LogP contribution in [0.25, 0.3) is 0 Å². The van der Waals surface area contributed by atoms with Crippen molar-refractivity contribution in [1.29, 1.82) is 0 Å². The van der Waals surface area contributed by atoms with Gasteiger partial charge in [0.05, 0.1) is 0 Å². The van der Waals surface area contributed by atoms with E-state index in [9.17, 15) is 0 Å².